The first-order valence-corrected chi connectivity index (χ1v) is 8.73. The maximum Gasteiger partial charge on any atom is 0.290 e. The zero-order valence-corrected chi connectivity index (χ0v) is 14.8. The molecule has 1 N–H and O–H groups in total. The monoisotopic (exact) mass is 357 g/mol. The molecule has 2 aromatic heterocycles. The third-order valence-corrected chi connectivity index (χ3v) is 4.42. The molecule has 0 unspecified atom stereocenters. The molecular weight excluding hydrogens is 334 g/mol. The van der Waals surface area contributed by atoms with Crippen molar-refractivity contribution in [3.63, 3.8) is 0 Å². The Bertz CT molecular complexity index is 744. The number of morpholine rings is 1. The summed E-state index contributed by atoms with van der Waals surface area (Å²) in [5.41, 5.74) is 1.86. The molecule has 26 heavy (non-hydrogen) atoms. The quantitative estimate of drug-likeness (QED) is 0.848. The minimum atomic E-state index is -0.292. The Balaban J connectivity index is 1.53. The summed E-state index contributed by atoms with van der Waals surface area (Å²) in [4.78, 5) is 30.7. The fourth-order valence-corrected chi connectivity index (χ4v) is 2.99. The summed E-state index contributed by atoms with van der Waals surface area (Å²) in [5.74, 6) is 0.0382. The lowest BCUT2D eigenvalue weighted by atomic mass is 10.1. The minimum absolute atomic E-state index is 0.0987. The minimum Gasteiger partial charge on any atom is -0.459 e. The van der Waals surface area contributed by atoms with Crippen molar-refractivity contribution in [2.24, 2.45) is 0 Å². The summed E-state index contributed by atoms with van der Waals surface area (Å²) >= 11 is 0. The average Bonchev–Trinajstić information content (AvgIpc) is 3.08. The summed E-state index contributed by atoms with van der Waals surface area (Å²) in [7, 11) is 0. The molecule has 1 saturated heterocycles. The van der Waals surface area contributed by atoms with Crippen molar-refractivity contribution < 1.29 is 18.7 Å². The van der Waals surface area contributed by atoms with Crippen LogP contribution in [-0.4, -0.2) is 54.0 Å². The summed E-state index contributed by atoms with van der Waals surface area (Å²) in [6, 6.07) is 5.31. The van der Waals surface area contributed by atoms with Crippen LogP contribution < -0.4 is 5.32 Å². The highest BCUT2D eigenvalue weighted by Gasteiger charge is 2.31. The fraction of sp³-hybridized carbons (Fsp3) is 0.421. The molecule has 1 atom stereocenters. The standard InChI is InChI=1S/C19H23N3O4/c1-14-5-9-26-18(14)19(24)22-8-10-25-13-16(22)11-17(23)21-7-4-15-3-2-6-20-12-15/h2-3,5-6,9,12,16H,4,7-8,10-11,13H2,1H3,(H,21,23)/t16-/m0/s1. The van der Waals surface area contributed by atoms with E-state index >= 15 is 0 Å². The van der Waals surface area contributed by atoms with Crippen LogP contribution in [0.5, 0.6) is 0 Å². The van der Waals surface area contributed by atoms with Crippen molar-refractivity contribution >= 4 is 11.8 Å². The maximum absolute atomic E-state index is 12.7. The van der Waals surface area contributed by atoms with Gasteiger partial charge in [0.25, 0.3) is 5.91 Å². The Kier molecular flexibility index (Phi) is 6.01. The van der Waals surface area contributed by atoms with Gasteiger partial charge in [-0.3, -0.25) is 14.6 Å². The topological polar surface area (TPSA) is 84.7 Å². The molecule has 0 aromatic carbocycles. The molecule has 0 aliphatic carbocycles. The summed E-state index contributed by atoms with van der Waals surface area (Å²) in [6.45, 7) is 3.62. The molecule has 2 aromatic rings. The highest BCUT2D eigenvalue weighted by Crippen LogP contribution is 2.18. The molecule has 0 radical (unpaired) electrons. The zero-order chi connectivity index (χ0) is 18.4. The first kappa shape index (κ1) is 18.1. The fourth-order valence-electron chi connectivity index (χ4n) is 2.99. The van der Waals surface area contributed by atoms with Crippen molar-refractivity contribution in [1.29, 1.82) is 0 Å². The van der Waals surface area contributed by atoms with E-state index in [1.54, 1.807) is 23.4 Å². The molecule has 7 heteroatoms. The summed E-state index contributed by atoms with van der Waals surface area (Å²) < 4.78 is 10.8. The van der Waals surface area contributed by atoms with Crippen LogP contribution in [0.1, 0.15) is 28.1 Å². The van der Waals surface area contributed by atoms with Crippen molar-refractivity contribution in [1.82, 2.24) is 15.2 Å². The van der Waals surface area contributed by atoms with Gasteiger partial charge in [0, 0.05) is 37.5 Å². The predicted molar refractivity (Wildman–Crippen MR) is 94.7 cm³/mol. The van der Waals surface area contributed by atoms with Gasteiger partial charge in [0.1, 0.15) is 0 Å². The molecule has 3 rings (SSSR count). The van der Waals surface area contributed by atoms with Crippen molar-refractivity contribution in [2.75, 3.05) is 26.3 Å². The van der Waals surface area contributed by atoms with Crippen LogP contribution in [0.4, 0.5) is 0 Å². The van der Waals surface area contributed by atoms with E-state index in [9.17, 15) is 9.59 Å². The van der Waals surface area contributed by atoms with Crippen LogP contribution in [0.3, 0.4) is 0 Å². The van der Waals surface area contributed by atoms with E-state index in [1.165, 1.54) is 6.26 Å². The Hall–Kier alpha value is -2.67. The van der Waals surface area contributed by atoms with Gasteiger partial charge in [-0.05, 0) is 31.0 Å². The zero-order valence-electron chi connectivity index (χ0n) is 14.8. The van der Waals surface area contributed by atoms with Gasteiger partial charge >= 0.3 is 0 Å². The Labute approximate surface area is 152 Å². The van der Waals surface area contributed by atoms with Crippen LogP contribution in [0, 0.1) is 6.92 Å². The van der Waals surface area contributed by atoms with E-state index in [4.69, 9.17) is 9.15 Å². The lowest BCUT2D eigenvalue weighted by molar-refractivity contribution is -0.123. The number of hydrogen-bond acceptors (Lipinski definition) is 5. The van der Waals surface area contributed by atoms with E-state index in [2.05, 4.69) is 10.3 Å². The first-order valence-electron chi connectivity index (χ1n) is 8.73. The van der Waals surface area contributed by atoms with Gasteiger partial charge in [-0.25, -0.2) is 0 Å². The van der Waals surface area contributed by atoms with Crippen molar-refractivity contribution in [3.05, 3.63) is 53.7 Å². The predicted octanol–water partition coefficient (Wildman–Crippen LogP) is 1.57. The third kappa shape index (κ3) is 4.49. The number of amides is 2. The Morgan fingerprint density at radius 3 is 3.00 bits per heavy atom. The summed E-state index contributed by atoms with van der Waals surface area (Å²) in [5, 5.41) is 2.90. The van der Waals surface area contributed by atoms with E-state index < -0.39 is 0 Å². The number of hydrogen-bond donors (Lipinski definition) is 1. The number of furan rings is 1. The molecule has 1 aliphatic heterocycles. The SMILES string of the molecule is Cc1ccoc1C(=O)N1CCOC[C@@H]1CC(=O)NCCc1cccnc1. The van der Waals surface area contributed by atoms with Crippen LogP contribution in [0.15, 0.2) is 41.3 Å². The van der Waals surface area contributed by atoms with E-state index in [0.29, 0.717) is 32.1 Å². The van der Waals surface area contributed by atoms with Gasteiger partial charge in [-0.15, -0.1) is 0 Å². The molecule has 2 amide bonds. The number of aromatic nitrogens is 1. The molecule has 0 spiro atoms. The molecular formula is C19H23N3O4. The van der Waals surface area contributed by atoms with Gasteiger partial charge in [0.05, 0.1) is 25.5 Å². The lowest BCUT2D eigenvalue weighted by Crippen LogP contribution is -2.50. The normalized spacial score (nSPS) is 17.1. The molecule has 7 nitrogen and oxygen atoms in total. The van der Waals surface area contributed by atoms with E-state index in [-0.39, 0.29) is 24.3 Å². The number of aryl methyl sites for hydroxylation is 1. The van der Waals surface area contributed by atoms with Gasteiger partial charge in [-0.1, -0.05) is 6.07 Å². The second kappa shape index (κ2) is 8.62. The van der Waals surface area contributed by atoms with E-state index in [0.717, 1.165) is 17.5 Å². The van der Waals surface area contributed by atoms with Gasteiger partial charge in [0.2, 0.25) is 5.91 Å². The van der Waals surface area contributed by atoms with Gasteiger partial charge in [-0.2, -0.15) is 0 Å². The van der Waals surface area contributed by atoms with Gasteiger partial charge < -0.3 is 19.4 Å². The first-order chi connectivity index (χ1) is 12.6. The van der Waals surface area contributed by atoms with Crippen molar-refractivity contribution in [3.8, 4) is 0 Å². The maximum atomic E-state index is 12.7. The highest BCUT2D eigenvalue weighted by molar-refractivity contribution is 5.93. The number of rotatable bonds is 6. The highest BCUT2D eigenvalue weighted by atomic mass is 16.5. The summed E-state index contributed by atoms with van der Waals surface area (Å²) in [6.07, 6.45) is 5.93. The number of carbonyl (C=O) groups excluding carboxylic acids is 2. The van der Waals surface area contributed by atoms with Gasteiger partial charge in [0.15, 0.2) is 5.76 Å². The largest absolute Gasteiger partial charge is 0.459 e. The second-order valence-corrected chi connectivity index (χ2v) is 6.33. The van der Waals surface area contributed by atoms with Crippen molar-refractivity contribution in [2.45, 2.75) is 25.8 Å². The molecule has 1 fully saturated rings. The second-order valence-electron chi connectivity index (χ2n) is 6.33. The van der Waals surface area contributed by atoms with Crippen LogP contribution in [0.2, 0.25) is 0 Å². The number of nitrogens with one attached hydrogen (secondary N) is 1. The number of nitrogens with zero attached hydrogens (tertiary/aromatic N) is 2. The average molecular weight is 357 g/mol. The molecule has 0 bridgehead atoms. The number of carbonyl (C=O) groups is 2. The Morgan fingerprint density at radius 1 is 1.38 bits per heavy atom. The number of ether oxygens (including phenoxy) is 1. The van der Waals surface area contributed by atoms with Crippen LogP contribution >= 0.6 is 0 Å². The third-order valence-electron chi connectivity index (χ3n) is 4.42. The number of pyridine rings is 1. The van der Waals surface area contributed by atoms with Crippen LogP contribution in [0.25, 0.3) is 0 Å². The Morgan fingerprint density at radius 2 is 2.27 bits per heavy atom. The molecule has 3 heterocycles. The molecule has 138 valence electrons. The smallest absolute Gasteiger partial charge is 0.290 e. The molecule has 0 saturated carbocycles. The van der Waals surface area contributed by atoms with Crippen LogP contribution in [-0.2, 0) is 16.0 Å². The van der Waals surface area contributed by atoms with E-state index in [1.807, 2.05) is 19.1 Å². The molecule has 1 aliphatic rings. The lowest BCUT2D eigenvalue weighted by Gasteiger charge is -2.34.